The van der Waals surface area contributed by atoms with Crippen molar-refractivity contribution in [3.63, 3.8) is 0 Å². The van der Waals surface area contributed by atoms with Crippen LogP contribution in [0.2, 0.25) is 0 Å². The van der Waals surface area contributed by atoms with Crippen LogP contribution in [0, 0.1) is 0 Å². The zero-order chi connectivity index (χ0) is 11.5. The number of anilines is 2. The molecular weight excluding hydrogens is 206 g/mol. The molecule has 2 rings (SSSR count). The summed E-state index contributed by atoms with van der Waals surface area (Å²) in [6.07, 6.45) is 2.28. The number of nitrogens with one attached hydrogen (secondary N) is 2. The molecule has 0 spiro atoms. The lowest BCUT2D eigenvalue weighted by Gasteiger charge is -2.13. The number of hydrazine groups is 1. The summed E-state index contributed by atoms with van der Waals surface area (Å²) >= 11 is 0. The normalized spacial score (nSPS) is 16.9. The molecule has 0 aromatic carbocycles. The summed E-state index contributed by atoms with van der Waals surface area (Å²) in [4.78, 5) is 8.70. The van der Waals surface area contributed by atoms with E-state index in [0.29, 0.717) is 17.6 Å². The maximum absolute atomic E-state index is 8.97. The molecule has 1 aliphatic rings. The van der Waals surface area contributed by atoms with Crippen molar-refractivity contribution in [2.24, 2.45) is 5.84 Å². The van der Waals surface area contributed by atoms with Crippen molar-refractivity contribution < 1.29 is 5.11 Å². The minimum atomic E-state index is -0.0347. The molecule has 1 aromatic heterocycles. The lowest BCUT2D eigenvalue weighted by atomic mass is 10.3. The standard InChI is InChI=1S/C10H17N5O/c1-6(5-16)12-8-4-9(15-11)14-10(13-8)7-2-3-7/h4,6-7,16H,2-3,5,11H2,1H3,(H2,12,13,14,15). The van der Waals surface area contributed by atoms with Crippen molar-refractivity contribution in [1.29, 1.82) is 0 Å². The number of aliphatic hydroxyl groups is 1. The minimum Gasteiger partial charge on any atom is -0.394 e. The van der Waals surface area contributed by atoms with Crippen molar-refractivity contribution in [2.45, 2.75) is 31.7 Å². The van der Waals surface area contributed by atoms with Gasteiger partial charge in [0.25, 0.3) is 0 Å². The summed E-state index contributed by atoms with van der Waals surface area (Å²) in [5.74, 6) is 7.95. The molecule has 0 saturated heterocycles. The van der Waals surface area contributed by atoms with E-state index in [1.165, 1.54) is 0 Å². The highest BCUT2D eigenvalue weighted by Crippen LogP contribution is 2.38. The first kappa shape index (κ1) is 11.1. The molecule has 1 aromatic rings. The smallest absolute Gasteiger partial charge is 0.145 e. The van der Waals surface area contributed by atoms with Crippen molar-refractivity contribution in [3.05, 3.63) is 11.9 Å². The van der Waals surface area contributed by atoms with Crippen LogP contribution < -0.4 is 16.6 Å². The highest BCUT2D eigenvalue weighted by atomic mass is 16.3. The van der Waals surface area contributed by atoms with Crippen LogP contribution in [0.4, 0.5) is 11.6 Å². The van der Waals surface area contributed by atoms with E-state index in [1.54, 1.807) is 6.07 Å². The Kier molecular flexibility index (Phi) is 3.21. The molecule has 1 heterocycles. The van der Waals surface area contributed by atoms with Gasteiger partial charge in [0.1, 0.15) is 17.5 Å². The van der Waals surface area contributed by atoms with Gasteiger partial charge in [0, 0.05) is 18.0 Å². The van der Waals surface area contributed by atoms with Crippen molar-refractivity contribution in [3.8, 4) is 0 Å². The number of aromatic nitrogens is 2. The Labute approximate surface area is 94.3 Å². The lowest BCUT2D eigenvalue weighted by Crippen LogP contribution is -2.21. The molecule has 88 valence electrons. The van der Waals surface area contributed by atoms with Gasteiger partial charge in [-0.05, 0) is 19.8 Å². The van der Waals surface area contributed by atoms with Crippen LogP contribution in [0.5, 0.6) is 0 Å². The highest BCUT2D eigenvalue weighted by Gasteiger charge is 2.27. The monoisotopic (exact) mass is 223 g/mol. The average molecular weight is 223 g/mol. The predicted octanol–water partition coefficient (Wildman–Crippen LogP) is 0.432. The Balaban J connectivity index is 2.18. The second-order valence-electron chi connectivity index (χ2n) is 4.14. The Hall–Kier alpha value is -1.40. The van der Waals surface area contributed by atoms with E-state index in [0.717, 1.165) is 18.7 Å². The number of rotatable bonds is 5. The zero-order valence-electron chi connectivity index (χ0n) is 9.27. The van der Waals surface area contributed by atoms with E-state index in [9.17, 15) is 0 Å². The van der Waals surface area contributed by atoms with E-state index >= 15 is 0 Å². The van der Waals surface area contributed by atoms with Gasteiger partial charge in [-0.1, -0.05) is 0 Å². The topological polar surface area (TPSA) is 96.1 Å². The summed E-state index contributed by atoms with van der Waals surface area (Å²) in [7, 11) is 0. The van der Waals surface area contributed by atoms with Gasteiger partial charge < -0.3 is 15.8 Å². The van der Waals surface area contributed by atoms with Gasteiger partial charge in [-0.15, -0.1) is 0 Å². The van der Waals surface area contributed by atoms with Crippen LogP contribution in [0.3, 0.4) is 0 Å². The SMILES string of the molecule is CC(CO)Nc1cc(NN)nc(C2CC2)n1. The first-order valence-electron chi connectivity index (χ1n) is 5.46. The van der Waals surface area contributed by atoms with Crippen LogP contribution in [0.15, 0.2) is 6.07 Å². The van der Waals surface area contributed by atoms with Gasteiger partial charge >= 0.3 is 0 Å². The number of hydrogen-bond donors (Lipinski definition) is 4. The molecule has 16 heavy (non-hydrogen) atoms. The molecule has 1 aliphatic carbocycles. The molecule has 1 fully saturated rings. The second kappa shape index (κ2) is 4.63. The minimum absolute atomic E-state index is 0.0347. The van der Waals surface area contributed by atoms with Crippen LogP contribution in [-0.2, 0) is 0 Å². The summed E-state index contributed by atoms with van der Waals surface area (Å²) in [6, 6.07) is 1.70. The third-order valence-corrected chi connectivity index (χ3v) is 2.50. The molecule has 6 nitrogen and oxygen atoms in total. The first-order chi connectivity index (χ1) is 7.72. The van der Waals surface area contributed by atoms with Crippen LogP contribution in [-0.4, -0.2) is 27.7 Å². The fourth-order valence-corrected chi connectivity index (χ4v) is 1.44. The molecule has 6 heteroatoms. The number of hydrogen-bond acceptors (Lipinski definition) is 6. The Bertz CT molecular complexity index is 366. The van der Waals surface area contributed by atoms with Gasteiger partial charge in [-0.2, -0.15) is 0 Å². The van der Waals surface area contributed by atoms with Gasteiger partial charge in [0.15, 0.2) is 0 Å². The third kappa shape index (κ3) is 2.59. The largest absolute Gasteiger partial charge is 0.394 e. The molecule has 1 atom stereocenters. The zero-order valence-corrected chi connectivity index (χ0v) is 9.27. The Morgan fingerprint density at radius 1 is 1.50 bits per heavy atom. The lowest BCUT2D eigenvalue weighted by molar-refractivity contribution is 0.281. The molecule has 0 aliphatic heterocycles. The summed E-state index contributed by atoms with van der Waals surface area (Å²) < 4.78 is 0. The van der Waals surface area contributed by atoms with Gasteiger partial charge in [0.05, 0.1) is 6.61 Å². The molecule has 0 radical (unpaired) electrons. The molecular formula is C10H17N5O. The number of nitrogens with two attached hydrogens (primary N) is 1. The quantitative estimate of drug-likeness (QED) is 0.427. The molecule has 5 N–H and O–H groups in total. The second-order valence-corrected chi connectivity index (χ2v) is 4.14. The average Bonchev–Trinajstić information content (AvgIpc) is 3.12. The fourth-order valence-electron chi connectivity index (χ4n) is 1.44. The number of nitrogen functional groups attached to an aromatic ring is 1. The van der Waals surface area contributed by atoms with E-state index < -0.39 is 0 Å². The number of aliphatic hydroxyl groups excluding tert-OH is 1. The summed E-state index contributed by atoms with van der Waals surface area (Å²) in [6.45, 7) is 1.95. The van der Waals surface area contributed by atoms with Crippen molar-refractivity contribution in [1.82, 2.24) is 9.97 Å². The maximum atomic E-state index is 8.97. The number of nitrogens with zero attached hydrogens (tertiary/aromatic N) is 2. The fraction of sp³-hybridized carbons (Fsp3) is 0.600. The maximum Gasteiger partial charge on any atom is 0.145 e. The van der Waals surface area contributed by atoms with Crippen molar-refractivity contribution >= 4 is 11.6 Å². The highest BCUT2D eigenvalue weighted by molar-refractivity contribution is 5.48. The Morgan fingerprint density at radius 2 is 2.19 bits per heavy atom. The van der Waals surface area contributed by atoms with E-state index in [-0.39, 0.29) is 12.6 Å². The molecule has 1 saturated carbocycles. The van der Waals surface area contributed by atoms with Crippen molar-refractivity contribution in [2.75, 3.05) is 17.3 Å². The Morgan fingerprint density at radius 3 is 2.75 bits per heavy atom. The summed E-state index contributed by atoms with van der Waals surface area (Å²) in [5, 5.41) is 12.1. The predicted molar refractivity (Wildman–Crippen MR) is 62.0 cm³/mol. The van der Waals surface area contributed by atoms with Gasteiger partial charge in [-0.25, -0.2) is 15.8 Å². The first-order valence-corrected chi connectivity index (χ1v) is 5.46. The molecule has 1 unspecified atom stereocenters. The van der Waals surface area contributed by atoms with Gasteiger partial charge in [-0.3, -0.25) is 0 Å². The van der Waals surface area contributed by atoms with Crippen LogP contribution in [0.1, 0.15) is 31.5 Å². The molecule has 0 amide bonds. The van der Waals surface area contributed by atoms with E-state index in [2.05, 4.69) is 20.7 Å². The van der Waals surface area contributed by atoms with Crippen LogP contribution >= 0.6 is 0 Å². The molecule has 0 bridgehead atoms. The van der Waals surface area contributed by atoms with E-state index in [1.807, 2.05) is 6.92 Å². The van der Waals surface area contributed by atoms with Gasteiger partial charge in [0.2, 0.25) is 0 Å². The van der Waals surface area contributed by atoms with Crippen LogP contribution in [0.25, 0.3) is 0 Å². The summed E-state index contributed by atoms with van der Waals surface area (Å²) in [5.41, 5.74) is 2.53. The third-order valence-electron chi connectivity index (χ3n) is 2.50. The van der Waals surface area contributed by atoms with E-state index in [4.69, 9.17) is 10.9 Å².